The molecule has 0 saturated heterocycles. The molecular weight excluding hydrogens is 289 g/mol. The maximum atomic E-state index is 12.6. The molecule has 1 aromatic carbocycles. The number of benzene rings is 1. The molecule has 0 spiro atoms. The van der Waals surface area contributed by atoms with Crippen molar-refractivity contribution in [2.24, 2.45) is 5.73 Å². The predicted octanol–water partition coefficient (Wildman–Crippen LogP) is 3.26. The molecule has 1 fully saturated rings. The third kappa shape index (κ3) is 3.63. The van der Waals surface area contributed by atoms with E-state index in [0.717, 1.165) is 31.4 Å². The third-order valence-electron chi connectivity index (χ3n) is 3.51. The van der Waals surface area contributed by atoms with Gasteiger partial charge in [0, 0.05) is 12.1 Å². The molecule has 0 amide bonds. The van der Waals surface area contributed by atoms with Gasteiger partial charge in [-0.3, -0.25) is 10.1 Å². The van der Waals surface area contributed by atoms with Crippen LogP contribution in [0.1, 0.15) is 31.2 Å². The van der Waals surface area contributed by atoms with Crippen LogP contribution in [0.15, 0.2) is 18.2 Å². The number of nitrogens with two attached hydrogens (primary N) is 1. The first kappa shape index (κ1) is 15.6. The molecule has 1 aliphatic carbocycles. The smallest absolute Gasteiger partial charge is 0.416 e. The number of hydrogen-bond acceptors (Lipinski definition) is 4. The van der Waals surface area contributed by atoms with E-state index in [1.165, 1.54) is 0 Å². The average molecular weight is 304 g/mol. The molecule has 0 heterocycles. The number of rotatable bonds is 3. The SMILES string of the molecule is NC1CCCCC1Oc1ccc(C(F)(F)F)cc1[N+](=O)[O-]. The fraction of sp³-hybridized carbons (Fsp3) is 0.538. The maximum Gasteiger partial charge on any atom is 0.416 e. The fourth-order valence-corrected chi connectivity index (χ4v) is 2.37. The zero-order valence-corrected chi connectivity index (χ0v) is 11.1. The lowest BCUT2D eigenvalue weighted by atomic mass is 9.93. The van der Waals surface area contributed by atoms with Crippen molar-refractivity contribution in [3.8, 4) is 5.75 Å². The average Bonchev–Trinajstić information content (AvgIpc) is 2.40. The quantitative estimate of drug-likeness (QED) is 0.686. The minimum absolute atomic E-state index is 0.171. The van der Waals surface area contributed by atoms with Crippen LogP contribution in [0.3, 0.4) is 0 Å². The molecule has 1 aromatic rings. The van der Waals surface area contributed by atoms with Gasteiger partial charge in [0.25, 0.3) is 0 Å². The van der Waals surface area contributed by atoms with Crippen LogP contribution < -0.4 is 10.5 Å². The standard InChI is InChI=1S/C13H15F3N2O3/c14-13(15,16)8-5-6-12(10(7-8)18(19)20)21-11-4-2-1-3-9(11)17/h5-7,9,11H,1-4,17H2. The maximum absolute atomic E-state index is 12.6. The lowest BCUT2D eigenvalue weighted by molar-refractivity contribution is -0.386. The second-order valence-corrected chi connectivity index (χ2v) is 5.04. The lowest BCUT2D eigenvalue weighted by Crippen LogP contribution is -2.41. The Bertz CT molecular complexity index is 534. The van der Waals surface area contributed by atoms with Crippen LogP contribution in [-0.2, 0) is 6.18 Å². The summed E-state index contributed by atoms with van der Waals surface area (Å²) in [6, 6.07) is 1.99. The Morgan fingerprint density at radius 2 is 1.95 bits per heavy atom. The number of nitro benzene ring substituents is 1. The van der Waals surface area contributed by atoms with Crippen LogP contribution >= 0.6 is 0 Å². The highest BCUT2D eigenvalue weighted by Crippen LogP contribution is 2.37. The Hall–Kier alpha value is -1.83. The molecule has 2 rings (SSSR count). The Morgan fingerprint density at radius 3 is 2.52 bits per heavy atom. The summed E-state index contributed by atoms with van der Waals surface area (Å²) in [5.41, 5.74) is 4.11. The van der Waals surface area contributed by atoms with E-state index < -0.39 is 28.5 Å². The van der Waals surface area contributed by atoms with E-state index in [4.69, 9.17) is 10.5 Å². The zero-order valence-electron chi connectivity index (χ0n) is 11.1. The normalized spacial score (nSPS) is 22.9. The number of hydrogen-bond donors (Lipinski definition) is 1. The van der Waals surface area contributed by atoms with Gasteiger partial charge in [-0.25, -0.2) is 0 Å². The Labute approximate surface area is 119 Å². The van der Waals surface area contributed by atoms with Gasteiger partial charge in [-0.2, -0.15) is 13.2 Å². The van der Waals surface area contributed by atoms with Gasteiger partial charge in [0.05, 0.1) is 10.5 Å². The van der Waals surface area contributed by atoms with Gasteiger partial charge in [-0.1, -0.05) is 6.42 Å². The summed E-state index contributed by atoms with van der Waals surface area (Å²) in [4.78, 5) is 10.1. The summed E-state index contributed by atoms with van der Waals surface area (Å²) >= 11 is 0. The lowest BCUT2D eigenvalue weighted by Gasteiger charge is -2.28. The molecule has 2 N–H and O–H groups in total. The number of halogens is 3. The molecule has 0 aliphatic heterocycles. The number of nitro groups is 1. The van der Waals surface area contributed by atoms with Crippen molar-refractivity contribution in [2.45, 2.75) is 44.0 Å². The van der Waals surface area contributed by atoms with Crippen molar-refractivity contribution in [2.75, 3.05) is 0 Å². The van der Waals surface area contributed by atoms with E-state index in [0.29, 0.717) is 12.5 Å². The number of alkyl halides is 3. The molecule has 0 aromatic heterocycles. The fourth-order valence-electron chi connectivity index (χ4n) is 2.37. The predicted molar refractivity (Wildman–Crippen MR) is 69.0 cm³/mol. The van der Waals surface area contributed by atoms with E-state index in [1.807, 2.05) is 0 Å². The van der Waals surface area contributed by atoms with Gasteiger partial charge < -0.3 is 10.5 Å². The van der Waals surface area contributed by atoms with Crippen molar-refractivity contribution < 1.29 is 22.8 Å². The summed E-state index contributed by atoms with van der Waals surface area (Å²) in [6.07, 6.45) is -1.83. The minimum atomic E-state index is -4.63. The molecule has 116 valence electrons. The molecule has 8 heteroatoms. The molecular formula is C13H15F3N2O3. The Balaban J connectivity index is 2.28. The Morgan fingerprint density at radius 1 is 1.29 bits per heavy atom. The van der Waals surface area contributed by atoms with Crippen molar-refractivity contribution in [3.63, 3.8) is 0 Å². The van der Waals surface area contributed by atoms with Crippen molar-refractivity contribution in [3.05, 3.63) is 33.9 Å². The molecule has 0 bridgehead atoms. The molecule has 5 nitrogen and oxygen atoms in total. The molecule has 1 aliphatic rings. The molecule has 2 unspecified atom stereocenters. The van der Waals surface area contributed by atoms with E-state index in [9.17, 15) is 23.3 Å². The van der Waals surface area contributed by atoms with E-state index in [2.05, 4.69) is 0 Å². The first-order chi connectivity index (χ1) is 9.79. The second kappa shape index (κ2) is 5.88. The molecule has 21 heavy (non-hydrogen) atoms. The molecule has 2 atom stereocenters. The third-order valence-corrected chi connectivity index (χ3v) is 3.51. The van der Waals surface area contributed by atoms with Crippen LogP contribution in [0.5, 0.6) is 5.75 Å². The highest BCUT2D eigenvalue weighted by Gasteiger charge is 2.34. The summed E-state index contributed by atoms with van der Waals surface area (Å²) in [5.74, 6) is -0.171. The van der Waals surface area contributed by atoms with Crippen LogP contribution in [0.2, 0.25) is 0 Å². The zero-order chi connectivity index (χ0) is 15.6. The van der Waals surface area contributed by atoms with E-state index in [-0.39, 0.29) is 11.8 Å². The van der Waals surface area contributed by atoms with Gasteiger partial charge in [0.15, 0.2) is 5.75 Å². The summed E-state index contributed by atoms with van der Waals surface area (Å²) in [6.45, 7) is 0. The first-order valence-electron chi connectivity index (χ1n) is 6.57. The summed E-state index contributed by atoms with van der Waals surface area (Å²) < 4.78 is 43.3. The van der Waals surface area contributed by atoms with Crippen molar-refractivity contribution in [1.82, 2.24) is 0 Å². The van der Waals surface area contributed by atoms with Crippen molar-refractivity contribution in [1.29, 1.82) is 0 Å². The van der Waals surface area contributed by atoms with Crippen molar-refractivity contribution >= 4 is 5.69 Å². The van der Waals surface area contributed by atoms with Gasteiger partial charge in [-0.05, 0) is 31.4 Å². The summed E-state index contributed by atoms with van der Waals surface area (Å²) in [7, 11) is 0. The Kier molecular flexibility index (Phi) is 4.36. The van der Waals surface area contributed by atoms with Crippen LogP contribution in [0.4, 0.5) is 18.9 Å². The van der Waals surface area contributed by atoms with Crippen LogP contribution in [0, 0.1) is 10.1 Å². The summed E-state index contributed by atoms with van der Waals surface area (Å²) in [5, 5.41) is 11.0. The van der Waals surface area contributed by atoms with E-state index >= 15 is 0 Å². The van der Waals surface area contributed by atoms with Gasteiger partial charge >= 0.3 is 11.9 Å². The highest BCUT2D eigenvalue weighted by atomic mass is 19.4. The first-order valence-corrected chi connectivity index (χ1v) is 6.57. The number of ether oxygens (including phenoxy) is 1. The molecule has 0 radical (unpaired) electrons. The second-order valence-electron chi connectivity index (χ2n) is 5.04. The monoisotopic (exact) mass is 304 g/mol. The topological polar surface area (TPSA) is 78.4 Å². The van der Waals surface area contributed by atoms with Gasteiger partial charge in [0.2, 0.25) is 0 Å². The number of nitrogens with zero attached hydrogens (tertiary/aromatic N) is 1. The van der Waals surface area contributed by atoms with Gasteiger partial charge in [0.1, 0.15) is 6.10 Å². The largest absolute Gasteiger partial charge is 0.482 e. The van der Waals surface area contributed by atoms with Crippen LogP contribution in [-0.4, -0.2) is 17.1 Å². The van der Waals surface area contributed by atoms with Gasteiger partial charge in [-0.15, -0.1) is 0 Å². The molecule has 1 saturated carbocycles. The van der Waals surface area contributed by atoms with Crippen LogP contribution in [0.25, 0.3) is 0 Å². The van der Waals surface area contributed by atoms with E-state index in [1.54, 1.807) is 0 Å². The highest BCUT2D eigenvalue weighted by molar-refractivity contribution is 5.49. The minimum Gasteiger partial charge on any atom is -0.482 e.